The highest BCUT2D eigenvalue weighted by Crippen LogP contribution is 2.29. The lowest BCUT2D eigenvalue weighted by Gasteiger charge is -2.00. The summed E-state index contributed by atoms with van der Waals surface area (Å²) in [6.07, 6.45) is 1.62. The van der Waals surface area contributed by atoms with Gasteiger partial charge in [0.2, 0.25) is 10.0 Å². The lowest BCUT2D eigenvalue weighted by atomic mass is 10.2. The molecular formula is C22H14ClN3O3S2. The van der Waals surface area contributed by atoms with Gasteiger partial charge in [-0.05, 0) is 48.5 Å². The van der Waals surface area contributed by atoms with E-state index in [1.165, 1.54) is 23.5 Å². The Labute approximate surface area is 187 Å². The summed E-state index contributed by atoms with van der Waals surface area (Å²) < 4.78 is 28.6. The number of furan rings is 1. The fourth-order valence-corrected chi connectivity index (χ4v) is 4.27. The molecule has 0 aliphatic carbocycles. The second-order valence-corrected chi connectivity index (χ2v) is 9.34. The molecule has 154 valence electrons. The van der Waals surface area contributed by atoms with Gasteiger partial charge in [0.1, 0.15) is 22.6 Å². The van der Waals surface area contributed by atoms with Gasteiger partial charge in [0.15, 0.2) is 0 Å². The van der Waals surface area contributed by atoms with Crippen LogP contribution in [0.2, 0.25) is 5.02 Å². The first-order chi connectivity index (χ1) is 14.8. The largest absolute Gasteiger partial charge is 0.457 e. The van der Waals surface area contributed by atoms with Crippen LogP contribution in [0.15, 0.2) is 75.4 Å². The maximum atomic E-state index is 11.4. The number of primary sulfonamides is 1. The third kappa shape index (κ3) is 4.76. The summed E-state index contributed by atoms with van der Waals surface area (Å²) in [6, 6.07) is 19.0. The van der Waals surface area contributed by atoms with Crippen LogP contribution in [-0.2, 0) is 10.0 Å². The predicted octanol–water partition coefficient (Wildman–Crippen LogP) is 5.44. The lowest BCUT2D eigenvalue weighted by Crippen LogP contribution is -2.11. The number of allylic oxidation sites excluding steroid dienone is 1. The molecule has 0 aliphatic rings. The van der Waals surface area contributed by atoms with Crippen LogP contribution in [-0.4, -0.2) is 13.4 Å². The fraction of sp³-hybridized carbons (Fsp3) is 0. The highest BCUT2D eigenvalue weighted by Gasteiger charge is 2.12. The van der Waals surface area contributed by atoms with Crippen molar-refractivity contribution in [1.29, 1.82) is 5.26 Å². The zero-order chi connectivity index (χ0) is 22.0. The van der Waals surface area contributed by atoms with Gasteiger partial charge >= 0.3 is 0 Å². The molecular weight excluding hydrogens is 454 g/mol. The molecule has 6 nitrogen and oxygen atoms in total. The Morgan fingerprint density at radius 1 is 1.06 bits per heavy atom. The quantitative estimate of drug-likeness (QED) is 0.393. The number of halogens is 1. The lowest BCUT2D eigenvalue weighted by molar-refractivity contribution is 0.571. The first-order valence-corrected chi connectivity index (χ1v) is 11.7. The summed E-state index contributed by atoms with van der Waals surface area (Å²) in [5.41, 5.74) is 2.72. The molecule has 0 atom stereocenters. The van der Waals surface area contributed by atoms with Gasteiger partial charge in [-0.2, -0.15) is 5.26 Å². The van der Waals surface area contributed by atoms with Gasteiger partial charge in [0.05, 0.1) is 16.2 Å². The molecule has 0 bridgehead atoms. The summed E-state index contributed by atoms with van der Waals surface area (Å²) in [4.78, 5) is 4.57. The monoisotopic (exact) mass is 467 g/mol. The number of thiazole rings is 1. The van der Waals surface area contributed by atoms with E-state index in [4.69, 9.17) is 21.2 Å². The predicted molar refractivity (Wildman–Crippen MR) is 122 cm³/mol. The van der Waals surface area contributed by atoms with E-state index in [9.17, 15) is 13.7 Å². The number of rotatable bonds is 5. The maximum Gasteiger partial charge on any atom is 0.238 e. The van der Waals surface area contributed by atoms with E-state index in [0.717, 1.165) is 11.3 Å². The Morgan fingerprint density at radius 3 is 2.39 bits per heavy atom. The van der Waals surface area contributed by atoms with Crippen molar-refractivity contribution < 1.29 is 12.8 Å². The van der Waals surface area contributed by atoms with Crippen molar-refractivity contribution in [2.75, 3.05) is 0 Å². The number of hydrogen-bond donors (Lipinski definition) is 1. The number of nitrogens with zero attached hydrogens (tertiary/aromatic N) is 2. The van der Waals surface area contributed by atoms with Crippen molar-refractivity contribution in [1.82, 2.24) is 4.98 Å². The van der Waals surface area contributed by atoms with Crippen LogP contribution >= 0.6 is 22.9 Å². The van der Waals surface area contributed by atoms with E-state index in [2.05, 4.69) is 11.1 Å². The van der Waals surface area contributed by atoms with Crippen LogP contribution in [0.4, 0.5) is 0 Å². The van der Waals surface area contributed by atoms with Crippen molar-refractivity contribution >= 4 is 44.6 Å². The highest BCUT2D eigenvalue weighted by atomic mass is 35.5. The van der Waals surface area contributed by atoms with Gasteiger partial charge in [0.25, 0.3) is 0 Å². The minimum atomic E-state index is -3.76. The van der Waals surface area contributed by atoms with E-state index in [0.29, 0.717) is 32.7 Å². The number of hydrogen-bond acceptors (Lipinski definition) is 6. The normalized spacial score (nSPS) is 12.0. The Kier molecular flexibility index (Phi) is 5.76. The SMILES string of the molecule is N#C/C(=C\c1ccc(-c2ccc(S(N)(=O)=O)cc2)o1)c1nc(-c2ccc(Cl)cc2)cs1. The number of aromatic nitrogens is 1. The molecule has 2 aromatic heterocycles. The first kappa shape index (κ1) is 21.0. The van der Waals surface area contributed by atoms with Gasteiger partial charge in [-0.1, -0.05) is 23.7 Å². The molecule has 2 N–H and O–H groups in total. The minimum absolute atomic E-state index is 0.0231. The molecule has 2 heterocycles. The first-order valence-electron chi connectivity index (χ1n) is 8.90. The zero-order valence-corrected chi connectivity index (χ0v) is 18.2. The van der Waals surface area contributed by atoms with E-state index in [-0.39, 0.29) is 4.90 Å². The van der Waals surface area contributed by atoms with Crippen molar-refractivity contribution in [3.05, 3.63) is 81.8 Å². The maximum absolute atomic E-state index is 11.4. The topological polar surface area (TPSA) is 110 Å². The van der Waals surface area contributed by atoms with Crippen LogP contribution in [0, 0.1) is 11.3 Å². The molecule has 4 aromatic rings. The summed E-state index contributed by atoms with van der Waals surface area (Å²) in [5.74, 6) is 1.01. The molecule has 0 saturated heterocycles. The van der Waals surface area contributed by atoms with E-state index < -0.39 is 10.0 Å². The molecule has 0 spiro atoms. The van der Waals surface area contributed by atoms with E-state index >= 15 is 0 Å². The Balaban J connectivity index is 1.59. The fourth-order valence-electron chi connectivity index (χ4n) is 2.83. The van der Waals surface area contributed by atoms with Crippen LogP contribution in [0.1, 0.15) is 10.8 Å². The smallest absolute Gasteiger partial charge is 0.238 e. The average Bonchev–Trinajstić information content (AvgIpc) is 3.42. The Bertz CT molecular complexity index is 1410. The Morgan fingerprint density at radius 2 is 1.74 bits per heavy atom. The molecule has 31 heavy (non-hydrogen) atoms. The van der Waals surface area contributed by atoms with Crippen molar-refractivity contribution in [2.24, 2.45) is 5.14 Å². The number of benzene rings is 2. The highest BCUT2D eigenvalue weighted by molar-refractivity contribution is 7.89. The number of nitriles is 1. The van der Waals surface area contributed by atoms with Crippen molar-refractivity contribution in [2.45, 2.75) is 4.90 Å². The molecule has 0 fully saturated rings. The van der Waals surface area contributed by atoms with Gasteiger partial charge in [-0.15, -0.1) is 11.3 Å². The molecule has 0 aliphatic heterocycles. The van der Waals surface area contributed by atoms with Crippen LogP contribution in [0.5, 0.6) is 0 Å². The second-order valence-electron chi connectivity index (χ2n) is 6.49. The number of nitrogens with two attached hydrogens (primary N) is 1. The molecule has 2 aromatic carbocycles. The summed E-state index contributed by atoms with van der Waals surface area (Å²) in [7, 11) is -3.76. The number of sulfonamides is 1. The molecule has 9 heteroatoms. The molecule has 0 amide bonds. The van der Waals surface area contributed by atoms with Crippen LogP contribution in [0.25, 0.3) is 34.2 Å². The molecule has 0 saturated carbocycles. The van der Waals surface area contributed by atoms with Crippen molar-refractivity contribution in [3.8, 4) is 28.7 Å². The Hall–Kier alpha value is -3.22. The summed E-state index contributed by atoms with van der Waals surface area (Å²) in [6.45, 7) is 0. The standard InChI is InChI=1S/C22H14ClN3O3S2/c23-17-5-1-14(2-6-17)20-13-30-22(26-20)16(12-24)11-18-7-10-21(29-18)15-3-8-19(9-4-15)31(25,27)28/h1-11,13H,(H2,25,27,28)/b16-11+. The van der Waals surface area contributed by atoms with E-state index in [1.807, 2.05) is 17.5 Å². The van der Waals surface area contributed by atoms with Gasteiger partial charge in [-0.3, -0.25) is 0 Å². The minimum Gasteiger partial charge on any atom is -0.457 e. The summed E-state index contributed by atoms with van der Waals surface area (Å²) >= 11 is 7.29. The third-order valence-electron chi connectivity index (χ3n) is 4.38. The van der Waals surface area contributed by atoms with Crippen LogP contribution < -0.4 is 5.14 Å². The van der Waals surface area contributed by atoms with Crippen LogP contribution in [0.3, 0.4) is 0 Å². The van der Waals surface area contributed by atoms with E-state index in [1.54, 1.807) is 42.5 Å². The molecule has 0 radical (unpaired) electrons. The second kappa shape index (κ2) is 8.49. The van der Waals surface area contributed by atoms with Crippen molar-refractivity contribution in [3.63, 3.8) is 0 Å². The molecule has 0 unspecified atom stereocenters. The molecule has 4 rings (SSSR count). The van der Waals surface area contributed by atoms with Gasteiger partial charge in [-0.25, -0.2) is 18.5 Å². The zero-order valence-electron chi connectivity index (χ0n) is 15.8. The third-order valence-corrected chi connectivity index (χ3v) is 6.43. The summed E-state index contributed by atoms with van der Waals surface area (Å²) in [5, 5.41) is 17.8. The van der Waals surface area contributed by atoms with Gasteiger partial charge in [0, 0.05) is 27.6 Å². The van der Waals surface area contributed by atoms with Gasteiger partial charge < -0.3 is 4.42 Å². The average molecular weight is 468 g/mol.